The van der Waals surface area contributed by atoms with E-state index < -0.39 is 42.5 Å². The Morgan fingerprint density at radius 3 is 2.52 bits per heavy atom. The predicted octanol–water partition coefficient (Wildman–Crippen LogP) is 2.03. The average molecular weight is 390 g/mol. The number of hydrogen-bond acceptors (Lipinski definition) is 4. The molecule has 0 radical (unpaired) electrons. The Balaban J connectivity index is 1.43. The van der Waals surface area contributed by atoms with Crippen molar-refractivity contribution in [2.24, 2.45) is 17.8 Å². The summed E-state index contributed by atoms with van der Waals surface area (Å²) in [4.78, 5) is 37.6. The van der Waals surface area contributed by atoms with Gasteiger partial charge in [0.05, 0.1) is 11.8 Å². The maximum absolute atomic E-state index is 13.1. The third-order valence-electron chi connectivity index (χ3n) is 5.60. The highest BCUT2D eigenvalue weighted by Crippen LogP contribution is 2.37. The van der Waals surface area contributed by atoms with Crippen LogP contribution in [0.4, 0.5) is 13.2 Å². The second-order valence-electron chi connectivity index (χ2n) is 7.86. The maximum Gasteiger partial charge on any atom is 0.393 e. The molecule has 2 aliphatic carbocycles. The summed E-state index contributed by atoms with van der Waals surface area (Å²) in [6.07, 6.45) is -0.738. The minimum Gasteiger partial charge on any atom is -0.455 e. The van der Waals surface area contributed by atoms with E-state index in [4.69, 9.17) is 4.74 Å². The Bertz CT molecular complexity index is 592. The minimum atomic E-state index is -4.36. The molecular formula is C18H25F3N2O4. The molecule has 9 heteroatoms. The monoisotopic (exact) mass is 390 g/mol. The first-order valence-corrected chi connectivity index (χ1v) is 9.54. The molecule has 2 saturated carbocycles. The second kappa shape index (κ2) is 8.06. The zero-order chi connectivity index (χ0) is 19.6. The Morgan fingerprint density at radius 2 is 1.85 bits per heavy atom. The number of carbonyl (C=O) groups is 3. The highest BCUT2D eigenvalue weighted by atomic mass is 19.4. The van der Waals surface area contributed by atoms with E-state index in [0.717, 1.165) is 12.8 Å². The molecule has 0 unspecified atom stereocenters. The fraction of sp³-hybridized carbons (Fsp3) is 0.833. The van der Waals surface area contributed by atoms with E-state index in [1.807, 2.05) is 0 Å². The van der Waals surface area contributed by atoms with Gasteiger partial charge < -0.3 is 15.0 Å². The van der Waals surface area contributed by atoms with Crippen molar-refractivity contribution in [1.82, 2.24) is 10.2 Å². The molecule has 0 aromatic carbocycles. The van der Waals surface area contributed by atoms with Crippen molar-refractivity contribution < 1.29 is 32.3 Å². The molecule has 3 fully saturated rings. The van der Waals surface area contributed by atoms with Gasteiger partial charge in [0, 0.05) is 25.6 Å². The molecule has 3 aliphatic rings. The van der Waals surface area contributed by atoms with Crippen LogP contribution < -0.4 is 5.32 Å². The van der Waals surface area contributed by atoms with Crippen molar-refractivity contribution in [2.75, 3.05) is 19.7 Å². The fourth-order valence-electron chi connectivity index (χ4n) is 3.92. The molecule has 3 atom stereocenters. The van der Waals surface area contributed by atoms with Crippen molar-refractivity contribution in [2.45, 2.75) is 57.2 Å². The van der Waals surface area contributed by atoms with Crippen LogP contribution in [0.1, 0.15) is 44.9 Å². The molecule has 0 bridgehead atoms. The maximum atomic E-state index is 13.1. The summed E-state index contributed by atoms with van der Waals surface area (Å²) in [5.74, 6) is -3.12. The van der Waals surface area contributed by atoms with Crippen LogP contribution in [0.15, 0.2) is 0 Å². The third-order valence-corrected chi connectivity index (χ3v) is 5.60. The van der Waals surface area contributed by atoms with Crippen LogP contribution in [0.25, 0.3) is 0 Å². The number of likely N-dealkylation sites (tertiary alicyclic amines) is 1. The third kappa shape index (κ3) is 5.35. The molecule has 0 aromatic rings. The standard InChI is InChI=1S/C18H25F3N2O4/c19-18(20,21)13-3-1-2-4-14(13)22-15(24)10-27-17(26)12-7-16(25)23(9-12)8-11-5-6-11/h11-14H,1-10H2,(H,22,24)/t12-,13-,14+/m1/s1. The van der Waals surface area contributed by atoms with E-state index in [1.54, 1.807) is 4.90 Å². The fourth-order valence-corrected chi connectivity index (χ4v) is 3.92. The number of alkyl halides is 3. The normalized spacial score (nSPS) is 28.9. The Kier molecular flexibility index (Phi) is 5.95. The molecule has 0 aromatic heterocycles. The van der Waals surface area contributed by atoms with E-state index in [-0.39, 0.29) is 31.7 Å². The van der Waals surface area contributed by atoms with Gasteiger partial charge in [0.15, 0.2) is 6.61 Å². The van der Waals surface area contributed by atoms with E-state index in [1.165, 1.54) is 0 Å². The minimum absolute atomic E-state index is 0.00471. The summed E-state index contributed by atoms with van der Waals surface area (Å²) in [6, 6.07) is -0.980. The summed E-state index contributed by atoms with van der Waals surface area (Å²) in [5, 5.41) is 2.36. The number of ether oxygens (including phenoxy) is 1. The summed E-state index contributed by atoms with van der Waals surface area (Å²) < 4.78 is 44.1. The first-order valence-electron chi connectivity index (χ1n) is 9.54. The SMILES string of the molecule is O=C(COC(=O)[C@@H]1CC(=O)N(CC2CC2)C1)N[C@H]1CCCC[C@H]1C(F)(F)F. The van der Waals surface area contributed by atoms with Crippen LogP contribution in [0.3, 0.4) is 0 Å². The van der Waals surface area contributed by atoms with Crippen molar-refractivity contribution in [3.8, 4) is 0 Å². The molecule has 27 heavy (non-hydrogen) atoms. The number of carbonyl (C=O) groups excluding carboxylic acids is 3. The van der Waals surface area contributed by atoms with Crippen LogP contribution in [0, 0.1) is 17.8 Å². The quantitative estimate of drug-likeness (QED) is 0.704. The highest BCUT2D eigenvalue weighted by molar-refractivity contribution is 5.88. The second-order valence-corrected chi connectivity index (χ2v) is 7.86. The number of nitrogens with zero attached hydrogens (tertiary/aromatic N) is 1. The van der Waals surface area contributed by atoms with E-state index >= 15 is 0 Å². The van der Waals surface area contributed by atoms with Crippen molar-refractivity contribution in [3.05, 3.63) is 0 Å². The average Bonchev–Trinajstić information content (AvgIpc) is 3.34. The molecule has 1 N–H and O–H groups in total. The summed E-state index contributed by atoms with van der Waals surface area (Å²) in [5.41, 5.74) is 0. The Labute approximate surface area is 155 Å². The van der Waals surface area contributed by atoms with Gasteiger partial charge in [0.1, 0.15) is 0 Å². The van der Waals surface area contributed by atoms with Gasteiger partial charge in [-0.25, -0.2) is 0 Å². The lowest BCUT2D eigenvalue weighted by Gasteiger charge is -2.33. The Hall–Kier alpha value is -1.80. The molecule has 152 valence electrons. The first-order chi connectivity index (χ1) is 12.7. The number of halogens is 3. The smallest absolute Gasteiger partial charge is 0.393 e. The first kappa shape index (κ1) is 19.9. The predicted molar refractivity (Wildman–Crippen MR) is 88.3 cm³/mol. The summed E-state index contributed by atoms with van der Waals surface area (Å²) >= 11 is 0. The highest BCUT2D eigenvalue weighted by Gasteiger charge is 2.46. The van der Waals surface area contributed by atoms with Crippen molar-refractivity contribution in [1.29, 1.82) is 0 Å². The van der Waals surface area contributed by atoms with Gasteiger partial charge in [-0.05, 0) is 31.6 Å². The van der Waals surface area contributed by atoms with Gasteiger partial charge >= 0.3 is 12.1 Å². The molecule has 1 heterocycles. The number of amides is 2. The van der Waals surface area contributed by atoms with Crippen LogP contribution in [-0.2, 0) is 19.1 Å². The van der Waals surface area contributed by atoms with Crippen LogP contribution in [-0.4, -0.2) is 54.6 Å². The number of nitrogens with one attached hydrogen (secondary N) is 1. The topological polar surface area (TPSA) is 75.7 Å². The van der Waals surface area contributed by atoms with Crippen LogP contribution in [0.5, 0.6) is 0 Å². The lowest BCUT2D eigenvalue weighted by molar-refractivity contribution is -0.189. The summed E-state index contributed by atoms with van der Waals surface area (Å²) in [6.45, 7) is 0.325. The molecule has 6 nitrogen and oxygen atoms in total. The zero-order valence-electron chi connectivity index (χ0n) is 15.1. The number of hydrogen-bond donors (Lipinski definition) is 1. The van der Waals surface area contributed by atoms with Crippen molar-refractivity contribution >= 4 is 17.8 Å². The van der Waals surface area contributed by atoms with E-state index in [9.17, 15) is 27.6 Å². The number of rotatable bonds is 6. The molecule has 0 spiro atoms. The van der Waals surface area contributed by atoms with Gasteiger partial charge in [-0.2, -0.15) is 13.2 Å². The molecule has 1 saturated heterocycles. The molecule has 1 aliphatic heterocycles. The summed E-state index contributed by atoms with van der Waals surface area (Å²) in [7, 11) is 0. The van der Waals surface area contributed by atoms with E-state index in [2.05, 4.69) is 5.32 Å². The Morgan fingerprint density at radius 1 is 1.15 bits per heavy atom. The molecule has 3 rings (SSSR count). The molecule has 2 amide bonds. The lowest BCUT2D eigenvalue weighted by atomic mass is 9.84. The van der Waals surface area contributed by atoms with E-state index in [0.29, 0.717) is 25.3 Å². The molecular weight excluding hydrogens is 365 g/mol. The lowest BCUT2D eigenvalue weighted by Crippen LogP contribution is -2.48. The van der Waals surface area contributed by atoms with Gasteiger partial charge in [-0.3, -0.25) is 14.4 Å². The van der Waals surface area contributed by atoms with Gasteiger partial charge in [-0.15, -0.1) is 0 Å². The van der Waals surface area contributed by atoms with Gasteiger partial charge in [0.2, 0.25) is 5.91 Å². The van der Waals surface area contributed by atoms with Crippen LogP contribution in [0.2, 0.25) is 0 Å². The zero-order valence-corrected chi connectivity index (χ0v) is 15.1. The van der Waals surface area contributed by atoms with Crippen LogP contribution >= 0.6 is 0 Å². The number of esters is 1. The largest absolute Gasteiger partial charge is 0.455 e. The van der Waals surface area contributed by atoms with Crippen molar-refractivity contribution in [3.63, 3.8) is 0 Å². The van der Waals surface area contributed by atoms with Gasteiger partial charge in [0.25, 0.3) is 5.91 Å². The van der Waals surface area contributed by atoms with Gasteiger partial charge in [-0.1, -0.05) is 12.8 Å².